The number of nitrogens with zero attached hydrogens (tertiary/aromatic N) is 1. The van der Waals surface area contributed by atoms with Gasteiger partial charge in [0.05, 0.1) is 10.6 Å². The number of hydrogen-bond donors (Lipinski definition) is 2. The van der Waals surface area contributed by atoms with Crippen molar-refractivity contribution in [2.45, 2.75) is 4.90 Å². The maximum absolute atomic E-state index is 13.9. The van der Waals surface area contributed by atoms with E-state index in [0.717, 1.165) is 10.4 Å². The van der Waals surface area contributed by atoms with Crippen molar-refractivity contribution in [3.05, 3.63) is 78.1 Å². The molecule has 1 aliphatic heterocycles. The molecule has 2 amide bonds. The van der Waals surface area contributed by atoms with Gasteiger partial charge in [0.1, 0.15) is 12.4 Å². The Balaban J connectivity index is 1.67. The molecule has 1 heterocycles. The third kappa shape index (κ3) is 3.39. The molecular weight excluding hydrogens is 409 g/mol. The van der Waals surface area contributed by atoms with Crippen LogP contribution in [0.3, 0.4) is 0 Å². The van der Waals surface area contributed by atoms with Gasteiger partial charge in [-0.1, -0.05) is 18.2 Å². The van der Waals surface area contributed by atoms with Crippen LogP contribution in [0, 0.1) is 5.82 Å². The Hall–Kier alpha value is -3.72. The normalized spacial score (nSPS) is 13.8. The first kappa shape index (κ1) is 19.6. The van der Waals surface area contributed by atoms with E-state index in [9.17, 15) is 22.4 Å². The third-order valence-electron chi connectivity index (χ3n) is 4.71. The minimum Gasteiger partial charge on any atom is -0.366 e. The molecule has 7 nitrogen and oxygen atoms in total. The Morgan fingerprint density at radius 2 is 1.67 bits per heavy atom. The van der Waals surface area contributed by atoms with Gasteiger partial charge in [-0.15, -0.1) is 0 Å². The molecule has 0 fully saturated rings. The predicted octanol–water partition coefficient (Wildman–Crippen LogP) is 2.74. The number of primary amides is 1. The summed E-state index contributed by atoms with van der Waals surface area (Å²) in [6.45, 7) is -0.507. The van der Waals surface area contributed by atoms with Crippen LogP contribution < -0.4 is 15.4 Å². The second-order valence-electron chi connectivity index (χ2n) is 6.66. The number of amides is 2. The van der Waals surface area contributed by atoms with Gasteiger partial charge in [-0.05, 0) is 48.5 Å². The lowest BCUT2D eigenvalue weighted by molar-refractivity contribution is -0.114. The standard InChI is InChI=1S/C21H16FN3O4S/c22-14-7-10-18-17(11-14)16-3-1-2-4-19(16)30(28,29)25(18)12-20(26)24-15-8-5-13(6-9-15)21(23)27/h1-11H,12H2,(H2,23,27)(H,24,26). The smallest absolute Gasteiger partial charge is 0.265 e. The molecule has 152 valence electrons. The van der Waals surface area contributed by atoms with Crippen molar-refractivity contribution in [2.75, 3.05) is 16.2 Å². The zero-order valence-electron chi connectivity index (χ0n) is 15.5. The number of fused-ring (bicyclic) bond motifs is 3. The molecule has 9 heteroatoms. The summed E-state index contributed by atoms with van der Waals surface area (Å²) in [5.41, 5.74) is 6.82. The molecule has 1 aliphatic rings. The largest absolute Gasteiger partial charge is 0.366 e. The van der Waals surface area contributed by atoms with Crippen molar-refractivity contribution in [3.63, 3.8) is 0 Å². The Morgan fingerprint density at radius 1 is 0.967 bits per heavy atom. The number of nitrogens with one attached hydrogen (secondary N) is 1. The summed E-state index contributed by atoms with van der Waals surface area (Å²) in [6.07, 6.45) is 0. The fourth-order valence-corrected chi connectivity index (χ4v) is 4.97. The van der Waals surface area contributed by atoms with E-state index >= 15 is 0 Å². The van der Waals surface area contributed by atoms with Crippen molar-refractivity contribution in [3.8, 4) is 11.1 Å². The van der Waals surface area contributed by atoms with E-state index in [1.54, 1.807) is 18.2 Å². The summed E-state index contributed by atoms with van der Waals surface area (Å²) in [4.78, 5) is 23.7. The van der Waals surface area contributed by atoms with E-state index in [0.29, 0.717) is 16.8 Å². The van der Waals surface area contributed by atoms with Gasteiger partial charge in [-0.3, -0.25) is 13.9 Å². The molecule has 0 radical (unpaired) electrons. The molecule has 4 rings (SSSR count). The van der Waals surface area contributed by atoms with Gasteiger partial charge in [0.15, 0.2) is 0 Å². The Bertz CT molecular complexity index is 1270. The van der Waals surface area contributed by atoms with Crippen LogP contribution in [0.25, 0.3) is 11.1 Å². The van der Waals surface area contributed by atoms with Crippen LogP contribution in [-0.2, 0) is 14.8 Å². The number of benzene rings is 3. The zero-order valence-corrected chi connectivity index (χ0v) is 16.3. The van der Waals surface area contributed by atoms with E-state index in [4.69, 9.17) is 5.73 Å². The average Bonchev–Trinajstić information content (AvgIpc) is 2.72. The number of carbonyl (C=O) groups excluding carboxylic acids is 2. The third-order valence-corrected chi connectivity index (χ3v) is 6.53. The van der Waals surface area contributed by atoms with Crippen molar-refractivity contribution < 1.29 is 22.4 Å². The number of sulfonamides is 1. The van der Waals surface area contributed by atoms with Crippen LogP contribution in [0.2, 0.25) is 0 Å². The van der Waals surface area contributed by atoms with Crippen molar-refractivity contribution in [2.24, 2.45) is 5.73 Å². The van der Waals surface area contributed by atoms with Crippen LogP contribution in [0.15, 0.2) is 71.6 Å². The van der Waals surface area contributed by atoms with Gasteiger partial charge >= 0.3 is 0 Å². The highest BCUT2D eigenvalue weighted by Crippen LogP contribution is 2.43. The molecular formula is C21H16FN3O4S. The minimum atomic E-state index is -4.03. The summed E-state index contributed by atoms with van der Waals surface area (Å²) < 4.78 is 41.1. The minimum absolute atomic E-state index is 0.00158. The van der Waals surface area contributed by atoms with E-state index in [-0.39, 0.29) is 16.1 Å². The van der Waals surface area contributed by atoms with E-state index < -0.39 is 34.2 Å². The second-order valence-corrected chi connectivity index (χ2v) is 8.49. The first-order chi connectivity index (χ1) is 14.3. The lowest BCUT2D eigenvalue weighted by Crippen LogP contribution is -2.40. The van der Waals surface area contributed by atoms with E-state index in [1.165, 1.54) is 42.5 Å². The molecule has 30 heavy (non-hydrogen) atoms. The molecule has 0 bridgehead atoms. The molecule has 0 unspecified atom stereocenters. The molecule has 3 N–H and O–H groups in total. The molecule has 0 aromatic heterocycles. The van der Waals surface area contributed by atoms with E-state index in [2.05, 4.69) is 5.32 Å². The van der Waals surface area contributed by atoms with Gasteiger partial charge < -0.3 is 11.1 Å². The topological polar surface area (TPSA) is 110 Å². The van der Waals surface area contributed by atoms with Gasteiger partial charge in [0.25, 0.3) is 10.0 Å². The number of rotatable bonds is 4. The molecule has 0 spiro atoms. The van der Waals surface area contributed by atoms with Crippen molar-refractivity contribution in [1.29, 1.82) is 0 Å². The number of anilines is 2. The molecule has 3 aromatic rings. The maximum atomic E-state index is 13.9. The molecule has 3 aromatic carbocycles. The van der Waals surface area contributed by atoms with Crippen LogP contribution >= 0.6 is 0 Å². The van der Waals surface area contributed by atoms with Crippen molar-refractivity contribution in [1.82, 2.24) is 0 Å². The quantitative estimate of drug-likeness (QED) is 0.670. The van der Waals surface area contributed by atoms with Gasteiger partial charge in [0, 0.05) is 22.4 Å². The summed E-state index contributed by atoms with van der Waals surface area (Å²) in [5.74, 6) is -1.71. The van der Waals surface area contributed by atoms with Crippen LogP contribution in [0.5, 0.6) is 0 Å². The Labute approximate surface area is 172 Å². The molecule has 0 atom stereocenters. The Morgan fingerprint density at radius 3 is 2.37 bits per heavy atom. The Kier molecular flexibility index (Phi) is 4.75. The van der Waals surface area contributed by atoms with Crippen LogP contribution in [0.4, 0.5) is 15.8 Å². The monoisotopic (exact) mass is 425 g/mol. The predicted molar refractivity (Wildman–Crippen MR) is 110 cm³/mol. The average molecular weight is 425 g/mol. The highest BCUT2D eigenvalue weighted by Gasteiger charge is 2.36. The zero-order chi connectivity index (χ0) is 21.5. The number of nitrogens with two attached hydrogens (primary N) is 1. The summed E-state index contributed by atoms with van der Waals surface area (Å²) in [5, 5.41) is 2.59. The van der Waals surface area contributed by atoms with Crippen LogP contribution in [-0.4, -0.2) is 26.8 Å². The van der Waals surface area contributed by atoms with E-state index in [1.807, 2.05) is 0 Å². The van der Waals surface area contributed by atoms with Gasteiger partial charge in [0.2, 0.25) is 11.8 Å². The highest BCUT2D eigenvalue weighted by molar-refractivity contribution is 7.93. The van der Waals surface area contributed by atoms with Gasteiger partial charge in [-0.2, -0.15) is 0 Å². The second kappa shape index (κ2) is 7.27. The maximum Gasteiger partial charge on any atom is 0.265 e. The first-order valence-electron chi connectivity index (χ1n) is 8.89. The first-order valence-corrected chi connectivity index (χ1v) is 10.3. The number of carbonyl (C=O) groups is 2. The van der Waals surface area contributed by atoms with Crippen molar-refractivity contribution >= 4 is 33.2 Å². The lowest BCUT2D eigenvalue weighted by atomic mass is 10.0. The summed E-state index contributed by atoms with van der Waals surface area (Å²) in [6, 6.07) is 15.9. The highest BCUT2D eigenvalue weighted by atomic mass is 32.2. The number of hydrogen-bond acceptors (Lipinski definition) is 4. The summed E-state index contributed by atoms with van der Waals surface area (Å²) >= 11 is 0. The van der Waals surface area contributed by atoms with Gasteiger partial charge in [-0.25, -0.2) is 12.8 Å². The fourth-order valence-electron chi connectivity index (χ4n) is 3.32. The SMILES string of the molecule is NC(=O)c1ccc(NC(=O)CN2c3ccc(F)cc3-c3ccccc3S2(=O)=O)cc1. The lowest BCUT2D eigenvalue weighted by Gasteiger charge is -2.31. The number of halogens is 1. The molecule has 0 aliphatic carbocycles. The fraction of sp³-hybridized carbons (Fsp3) is 0.0476. The van der Waals surface area contributed by atoms with Crippen LogP contribution in [0.1, 0.15) is 10.4 Å². The molecule has 0 saturated heterocycles. The molecule has 0 saturated carbocycles. The summed E-state index contributed by atoms with van der Waals surface area (Å²) in [7, 11) is -4.03.